The first kappa shape index (κ1) is 17.1. The Bertz CT molecular complexity index is 515. The van der Waals surface area contributed by atoms with Gasteiger partial charge in [0.15, 0.2) is 12.1 Å². The standard InChI is InChI=1S/C14H15ClF3NO3/c1-19(13(20)11-8-21-6-7-22-11)12(14(16,17)18)9-2-4-10(15)5-3-9/h2-5,11-12H,6-8H2,1H3/t11-,12+/m1/s1. The summed E-state index contributed by atoms with van der Waals surface area (Å²) in [7, 11) is 1.10. The van der Waals surface area contributed by atoms with Crippen molar-refractivity contribution in [3.63, 3.8) is 0 Å². The van der Waals surface area contributed by atoms with Gasteiger partial charge in [-0.2, -0.15) is 13.2 Å². The summed E-state index contributed by atoms with van der Waals surface area (Å²) >= 11 is 5.70. The molecule has 2 rings (SSSR count). The van der Waals surface area contributed by atoms with Crippen molar-refractivity contribution in [1.29, 1.82) is 0 Å². The third-order valence-corrected chi connectivity index (χ3v) is 3.57. The molecule has 0 N–H and O–H groups in total. The van der Waals surface area contributed by atoms with Crippen molar-refractivity contribution < 1.29 is 27.4 Å². The maximum Gasteiger partial charge on any atom is 0.413 e. The summed E-state index contributed by atoms with van der Waals surface area (Å²) in [6.07, 6.45) is -5.63. The normalized spacial score (nSPS) is 20.5. The molecule has 2 atom stereocenters. The van der Waals surface area contributed by atoms with Crippen molar-refractivity contribution in [2.75, 3.05) is 26.9 Å². The highest BCUT2D eigenvalue weighted by atomic mass is 35.5. The summed E-state index contributed by atoms with van der Waals surface area (Å²) in [4.78, 5) is 12.9. The zero-order valence-corrected chi connectivity index (χ0v) is 12.5. The lowest BCUT2D eigenvalue weighted by atomic mass is 10.0. The van der Waals surface area contributed by atoms with Gasteiger partial charge in [-0.05, 0) is 17.7 Å². The van der Waals surface area contributed by atoms with E-state index in [4.69, 9.17) is 21.1 Å². The van der Waals surface area contributed by atoms with E-state index in [2.05, 4.69) is 0 Å². The summed E-state index contributed by atoms with van der Waals surface area (Å²) < 4.78 is 50.4. The molecule has 0 saturated carbocycles. The summed E-state index contributed by atoms with van der Waals surface area (Å²) in [5.74, 6) is -0.767. The van der Waals surface area contributed by atoms with Crippen molar-refractivity contribution in [2.45, 2.75) is 18.3 Å². The van der Waals surface area contributed by atoms with Gasteiger partial charge in [0.05, 0.1) is 19.8 Å². The fraction of sp³-hybridized carbons (Fsp3) is 0.500. The van der Waals surface area contributed by atoms with Crippen molar-refractivity contribution in [3.8, 4) is 0 Å². The summed E-state index contributed by atoms with van der Waals surface area (Å²) in [5, 5.41) is 0.322. The number of hydrogen-bond acceptors (Lipinski definition) is 3. The molecule has 1 aromatic rings. The fourth-order valence-corrected chi connectivity index (χ4v) is 2.39. The van der Waals surface area contributed by atoms with E-state index in [9.17, 15) is 18.0 Å². The summed E-state index contributed by atoms with van der Waals surface area (Å²) in [6, 6.07) is 3.15. The predicted octanol–water partition coefficient (Wildman–Crippen LogP) is 2.82. The van der Waals surface area contributed by atoms with Crippen LogP contribution in [0.15, 0.2) is 24.3 Å². The number of hydrogen-bond donors (Lipinski definition) is 0. The van der Waals surface area contributed by atoms with E-state index >= 15 is 0 Å². The van der Waals surface area contributed by atoms with Crippen LogP contribution < -0.4 is 0 Å². The van der Waals surface area contributed by atoms with Crippen LogP contribution in [0.1, 0.15) is 11.6 Å². The van der Waals surface area contributed by atoms with Gasteiger partial charge in [-0.25, -0.2) is 0 Å². The van der Waals surface area contributed by atoms with Gasteiger partial charge in [-0.15, -0.1) is 0 Å². The highest BCUT2D eigenvalue weighted by Crippen LogP contribution is 2.37. The van der Waals surface area contributed by atoms with Crippen LogP contribution in [0.2, 0.25) is 5.02 Å². The highest BCUT2D eigenvalue weighted by Gasteiger charge is 2.46. The Labute approximate surface area is 130 Å². The van der Waals surface area contributed by atoms with Crippen LogP contribution in [-0.4, -0.2) is 50.0 Å². The second-order valence-electron chi connectivity index (χ2n) is 4.88. The van der Waals surface area contributed by atoms with E-state index in [1.807, 2.05) is 0 Å². The average Bonchev–Trinajstić information content (AvgIpc) is 2.48. The molecule has 4 nitrogen and oxygen atoms in total. The predicted molar refractivity (Wildman–Crippen MR) is 73.6 cm³/mol. The molecule has 1 aliphatic rings. The molecule has 0 bridgehead atoms. The molecule has 0 aromatic heterocycles. The molecule has 1 saturated heterocycles. The topological polar surface area (TPSA) is 38.8 Å². The minimum Gasteiger partial charge on any atom is -0.376 e. The minimum absolute atomic E-state index is 0.0473. The van der Waals surface area contributed by atoms with Crippen LogP contribution in [0, 0.1) is 0 Å². The molecule has 1 aromatic carbocycles. The third kappa shape index (κ3) is 3.91. The Morgan fingerprint density at radius 2 is 1.95 bits per heavy atom. The second-order valence-corrected chi connectivity index (χ2v) is 5.32. The van der Waals surface area contributed by atoms with Crippen molar-refractivity contribution in [2.24, 2.45) is 0 Å². The minimum atomic E-state index is -4.62. The lowest BCUT2D eigenvalue weighted by Gasteiger charge is -2.33. The zero-order valence-electron chi connectivity index (χ0n) is 11.8. The zero-order chi connectivity index (χ0) is 16.3. The van der Waals surface area contributed by atoms with Gasteiger partial charge in [-0.1, -0.05) is 23.7 Å². The van der Waals surface area contributed by atoms with Gasteiger partial charge >= 0.3 is 6.18 Å². The van der Waals surface area contributed by atoms with E-state index < -0.39 is 24.2 Å². The molecular formula is C14H15ClF3NO3. The van der Waals surface area contributed by atoms with Gasteiger partial charge in [0.2, 0.25) is 0 Å². The number of rotatable bonds is 3. The molecule has 122 valence electrons. The Hall–Kier alpha value is -1.31. The van der Waals surface area contributed by atoms with Crippen LogP contribution in [-0.2, 0) is 14.3 Å². The number of likely N-dealkylation sites (N-methyl/N-ethyl adjacent to an activating group) is 1. The number of alkyl halides is 3. The lowest BCUT2D eigenvalue weighted by molar-refractivity contribution is -0.197. The molecule has 0 radical (unpaired) electrons. The molecule has 1 heterocycles. The van der Waals surface area contributed by atoms with E-state index in [0.717, 1.165) is 7.05 Å². The monoisotopic (exact) mass is 337 g/mol. The molecule has 0 unspecified atom stereocenters. The first-order chi connectivity index (χ1) is 10.3. The number of carbonyl (C=O) groups is 1. The maximum absolute atomic E-state index is 13.4. The Morgan fingerprint density at radius 1 is 1.32 bits per heavy atom. The SMILES string of the molecule is CN(C(=O)[C@H]1COCCO1)[C@@H](c1ccc(Cl)cc1)C(F)(F)F. The first-order valence-electron chi connectivity index (χ1n) is 6.59. The number of benzene rings is 1. The third-order valence-electron chi connectivity index (χ3n) is 3.32. The Balaban J connectivity index is 2.24. The van der Waals surface area contributed by atoms with Crippen LogP contribution in [0.3, 0.4) is 0 Å². The first-order valence-corrected chi connectivity index (χ1v) is 6.96. The van der Waals surface area contributed by atoms with Crippen LogP contribution in [0.25, 0.3) is 0 Å². The lowest BCUT2D eigenvalue weighted by Crippen LogP contribution is -2.48. The van der Waals surface area contributed by atoms with Gasteiger partial charge in [-0.3, -0.25) is 4.79 Å². The van der Waals surface area contributed by atoms with Crippen molar-refractivity contribution in [1.82, 2.24) is 4.90 Å². The summed E-state index contributed by atoms with van der Waals surface area (Å²) in [6.45, 7) is 0.462. The molecule has 22 heavy (non-hydrogen) atoms. The van der Waals surface area contributed by atoms with Crippen LogP contribution in [0.4, 0.5) is 13.2 Å². The second kappa shape index (κ2) is 6.85. The van der Waals surface area contributed by atoms with Crippen molar-refractivity contribution >= 4 is 17.5 Å². The average molecular weight is 338 g/mol. The van der Waals surface area contributed by atoms with Crippen LogP contribution >= 0.6 is 11.6 Å². The van der Waals surface area contributed by atoms with Crippen molar-refractivity contribution in [3.05, 3.63) is 34.9 Å². The number of carbonyl (C=O) groups excluding carboxylic acids is 1. The number of nitrogens with zero attached hydrogens (tertiary/aromatic N) is 1. The highest BCUT2D eigenvalue weighted by molar-refractivity contribution is 6.30. The number of amides is 1. The molecule has 0 spiro atoms. The van der Waals surface area contributed by atoms with E-state index in [-0.39, 0.29) is 18.8 Å². The maximum atomic E-state index is 13.4. The molecular weight excluding hydrogens is 323 g/mol. The van der Waals surface area contributed by atoms with Crippen LogP contribution in [0.5, 0.6) is 0 Å². The van der Waals surface area contributed by atoms with Gasteiger partial charge in [0, 0.05) is 12.1 Å². The van der Waals surface area contributed by atoms with Gasteiger partial charge in [0.25, 0.3) is 5.91 Å². The fourth-order valence-electron chi connectivity index (χ4n) is 2.26. The van der Waals surface area contributed by atoms with Gasteiger partial charge < -0.3 is 14.4 Å². The molecule has 1 fully saturated rings. The van der Waals surface area contributed by atoms with E-state index in [1.54, 1.807) is 0 Å². The molecule has 8 heteroatoms. The Kier molecular flexibility index (Phi) is 5.31. The molecule has 1 amide bonds. The van der Waals surface area contributed by atoms with E-state index in [1.165, 1.54) is 24.3 Å². The smallest absolute Gasteiger partial charge is 0.376 e. The Morgan fingerprint density at radius 3 is 2.45 bits per heavy atom. The van der Waals surface area contributed by atoms with E-state index in [0.29, 0.717) is 16.5 Å². The molecule has 1 aliphatic heterocycles. The quantitative estimate of drug-likeness (QED) is 0.851. The molecule has 0 aliphatic carbocycles. The van der Waals surface area contributed by atoms with Gasteiger partial charge in [0.1, 0.15) is 0 Å². The number of halogens is 4. The largest absolute Gasteiger partial charge is 0.413 e. The number of ether oxygens (including phenoxy) is 2. The summed E-state index contributed by atoms with van der Waals surface area (Å²) in [5.41, 5.74) is -0.0653.